The van der Waals surface area contributed by atoms with E-state index in [-0.39, 0.29) is 46.8 Å². The van der Waals surface area contributed by atoms with Gasteiger partial charge in [-0.05, 0) is 61.2 Å². The zero-order valence-corrected chi connectivity index (χ0v) is 34.9. The molecule has 0 saturated carbocycles. The van der Waals surface area contributed by atoms with Crippen LogP contribution in [-0.2, 0) is 20.2 Å². The lowest BCUT2D eigenvalue weighted by molar-refractivity contribution is 0.146. The van der Waals surface area contributed by atoms with Crippen LogP contribution in [-0.4, -0.2) is 168 Å². The topological polar surface area (TPSA) is 290 Å². The molecular formula is C35H53ClN12O8S2. The van der Waals surface area contributed by atoms with Crippen molar-refractivity contribution in [3.63, 3.8) is 0 Å². The predicted molar refractivity (Wildman–Crippen MR) is 226 cm³/mol. The number of aliphatic imine (C=N–C) groups is 3. The molecule has 1 unspecified atom stereocenters. The summed E-state index contributed by atoms with van der Waals surface area (Å²) < 4.78 is 64.5. The summed E-state index contributed by atoms with van der Waals surface area (Å²) in [7, 11) is -8.69. The van der Waals surface area contributed by atoms with Crippen molar-refractivity contribution >= 4 is 67.9 Å². The molecule has 4 rings (SSSR count). The normalized spacial score (nSPS) is 17.9. The minimum Gasteiger partial charge on any atom is -0.395 e. The Hall–Kier alpha value is -4.39. The predicted octanol–water partition coefficient (Wildman–Crippen LogP) is 0.893. The Morgan fingerprint density at radius 2 is 1.57 bits per heavy atom. The summed E-state index contributed by atoms with van der Waals surface area (Å²) in [5, 5.41) is 18.2. The fourth-order valence-corrected chi connectivity index (χ4v) is 6.94. The summed E-state index contributed by atoms with van der Waals surface area (Å²) in [6.07, 6.45) is 9.83. The molecule has 58 heavy (non-hydrogen) atoms. The van der Waals surface area contributed by atoms with E-state index >= 15 is 0 Å². The third-order valence-electron chi connectivity index (χ3n) is 8.57. The molecule has 2 aliphatic heterocycles. The highest BCUT2D eigenvalue weighted by Gasteiger charge is 2.20. The van der Waals surface area contributed by atoms with Crippen molar-refractivity contribution in [1.29, 1.82) is 0 Å². The van der Waals surface area contributed by atoms with E-state index in [9.17, 15) is 25.9 Å². The van der Waals surface area contributed by atoms with Gasteiger partial charge in [0, 0.05) is 58.9 Å². The van der Waals surface area contributed by atoms with Crippen LogP contribution in [0.4, 0.5) is 11.9 Å². The summed E-state index contributed by atoms with van der Waals surface area (Å²) in [6, 6.07) is 5.98. The number of halogens is 1. The molecule has 8 N–H and O–H groups in total. The first-order valence-corrected chi connectivity index (χ1v) is 21.7. The summed E-state index contributed by atoms with van der Waals surface area (Å²) in [4.78, 5) is 33.0. The monoisotopic (exact) mass is 868 g/mol. The number of anilines is 2. The Labute approximate surface area is 344 Å². The molecule has 1 aromatic heterocycles. The van der Waals surface area contributed by atoms with Gasteiger partial charge in [-0.2, -0.15) is 36.8 Å². The molecule has 1 aromatic carbocycles. The molecule has 2 aliphatic rings. The maximum Gasteiger partial charge on any atom is 0.295 e. The molecular weight excluding hydrogens is 816 g/mol. The number of guanidine groups is 1. The van der Waals surface area contributed by atoms with Crippen molar-refractivity contribution in [3.8, 4) is 0 Å². The summed E-state index contributed by atoms with van der Waals surface area (Å²) in [5.74, 6) is 0.337. The molecule has 20 nitrogen and oxygen atoms in total. The molecule has 2 fully saturated rings. The molecule has 0 amide bonds. The highest BCUT2D eigenvalue weighted by atomic mass is 35.5. The van der Waals surface area contributed by atoms with Crippen molar-refractivity contribution in [2.24, 2.45) is 26.6 Å². The molecule has 3 heterocycles. The van der Waals surface area contributed by atoms with E-state index in [0.717, 1.165) is 38.9 Å². The number of hydrogen-bond donors (Lipinski definition) is 6. The molecule has 320 valence electrons. The smallest absolute Gasteiger partial charge is 0.295 e. The van der Waals surface area contributed by atoms with Crippen LogP contribution >= 0.6 is 11.6 Å². The van der Waals surface area contributed by atoms with Gasteiger partial charge in [0.1, 0.15) is 10.7 Å². The summed E-state index contributed by atoms with van der Waals surface area (Å²) in [5.41, 5.74) is 11.6. The molecule has 0 bridgehead atoms. The number of piperazine rings is 1. The van der Waals surface area contributed by atoms with E-state index in [1.54, 1.807) is 43.4 Å². The van der Waals surface area contributed by atoms with Gasteiger partial charge in [0.05, 0.1) is 31.0 Å². The van der Waals surface area contributed by atoms with Crippen LogP contribution < -0.4 is 16.4 Å². The number of rotatable bonds is 13. The van der Waals surface area contributed by atoms with Gasteiger partial charge in [-0.15, -0.1) is 0 Å². The maximum absolute atomic E-state index is 11.6. The van der Waals surface area contributed by atoms with Crippen LogP contribution in [0.5, 0.6) is 0 Å². The number of aromatic nitrogens is 3. The van der Waals surface area contributed by atoms with Crippen LogP contribution in [0.2, 0.25) is 5.28 Å². The third-order valence-corrected chi connectivity index (χ3v) is 10.2. The van der Waals surface area contributed by atoms with Gasteiger partial charge in [0.25, 0.3) is 20.2 Å². The minimum atomic E-state index is -4.39. The van der Waals surface area contributed by atoms with E-state index < -0.39 is 26.0 Å². The van der Waals surface area contributed by atoms with Crippen molar-refractivity contribution in [1.82, 2.24) is 29.7 Å². The van der Waals surface area contributed by atoms with Crippen LogP contribution in [0.25, 0.3) is 6.08 Å². The molecule has 0 spiro atoms. The van der Waals surface area contributed by atoms with Gasteiger partial charge in [0.15, 0.2) is 0 Å². The van der Waals surface area contributed by atoms with E-state index in [1.165, 1.54) is 18.2 Å². The lowest BCUT2D eigenvalue weighted by Gasteiger charge is -2.34. The number of allylic oxidation sites excluding steroid dienone is 3. The number of aliphatic hydroxyl groups is 2. The van der Waals surface area contributed by atoms with E-state index in [4.69, 9.17) is 33.3 Å². The second kappa shape index (κ2) is 23.9. The molecule has 1 atom stereocenters. The van der Waals surface area contributed by atoms with Crippen molar-refractivity contribution in [2.45, 2.75) is 25.2 Å². The molecule has 0 aliphatic carbocycles. The van der Waals surface area contributed by atoms with Gasteiger partial charge >= 0.3 is 0 Å². The molecule has 0 radical (unpaired) electrons. The highest BCUT2D eigenvalue weighted by molar-refractivity contribution is 7.86. The number of β-amino-alcohol motifs (C(OH)–C–C–N with tert-alkyl or cyclic N) is 2. The first kappa shape index (κ1) is 48.0. The minimum absolute atomic E-state index is 0.0755. The van der Waals surface area contributed by atoms with E-state index in [0.29, 0.717) is 56.7 Å². The number of amidine groups is 1. The maximum atomic E-state index is 11.6. The van der Waals surface area contributed by atoms with Crippen molar-refractivity contribution in [3.05, 3.63) is 65.1 Å². The van der Waals surface area contributed by atoms with Gasteiger partial charge in [-0.25, -0.2) is 9.98 Å². The third kappa shape index (κ3) is 17.6. The fourth-order valence-electron chi connectivity index (χ4n) is 5.71. The van der Waals surface area contributed by atoms with Crippen molar-refractivity contribution < 1.29 is 36.2 Å². The number of aliphatic hydroxyl groups excluding tert-OH is 2. The Morgan fingerprint density at radius 3 is 2.19 bits per heavy atom. The lowest BCUT2D eigenvalue weighted by atomic mass is 10.1. The number of nitrogens with two attached hydrogens (primary N) is 2. The Kier molecular flexibility index (Phi) is 19.8. The second-order valence-electron chi connectivity index (χ2n) is 13.0. The van der Waals surface area contributed by atoms with Gasteiger partial charge < -0.3 is 31.5 Å². The standard InChI is InChI=1S/C25H36N6O7S2.C10H17ClN6O/c1-20(7-9-22-5-3-4-6-24(22)40(36,37)38)8-10-23(11-18-39(33,34)35)28-21(2)29-25(27-19-26)31-14-12-30(13-15-31)16-17-32;11-8-13-9(12)15-10(14-8)17-3-1-2-16(4-5-17)6-7-18/h3-11,19-20,32H,12-18H2,1-2H3,(H,33,34,35)(H,36,37,38)(H2,26,27,28,29);18H,1-7H2,(H2,12,13,14,15)/b9-7+,10-8-,23-11+;. The van der Waals surface area contributed by atoms with Crippen LogP contribution in [0.1, 0.15) is 25.8 Å². The van der Waals surface area contributed by atoms with Crippen LogP contribution in [0.15, 0.2) is 74.1 Å². The molecule has 23 heteroatoms. The summed E-state index contributed by atoms with van der Waals surface area (Å²) in [6.45, 7) is 11.1. The molecule has 2 aromatic rings. The molecule has 2 saturated heterocycles. The van der Waals surface area contributed by atoms with E-state index in [2.05, 4.69) is 39.7 Å². The van der Waals surface area contributed by atoms with Crippen molar-refractivity contribution in [2.75, 3.05) is 95.0 Å². The Morgan fingerprint density at radius 1 is 0.914 bits per heavy atom. The first-order valence-electron chi connectivity index (χ1n) is 18.3. The SMILES string of the molecule is CC(=NC(/C=C\C(C)/C=C/c1ccccc1S(=O)(=O)O)=C/CS(=O)(=O)O)N=C(/N=C\N)N1CCN(CCO)CC1.Nc1nc(Cl)nc(N2CCCN(CCO)CC2)n1. The zero-order valence-electron chi connectivity index (χ0n) is 32.5. The van der Waals surface area contributed by atoms with Gasteiger partial charge in [0.2, 0.25) is 23.1 Å². The Balaban J connectivity index is 0.000000413. The first-order chi connectivity index (χ1) is 27.5. The average molecular weight is 869 g/mol. The zero-order chi connectivity index (χ0) is 42.7. The highest BCUT2D eigenvalue weighted by Crippen LogP contribution is 2.19. The second-order valence-corrected chi connectivity index (χ2v) is 16.3. The average Bonchev–Trinajstić information content (AvgIpc) is 3.40. The van der Waals surface area contributed by atoms with Gasteiger partial charge in [-0.3, -0.25) is 18.9 Å². The van der Waals surface area contributed by atoms with Crippen LogP contribution in [0.3, 0.4) is 0 Å². The van der Waals surface area contributed by atoms with E-state index in [1.807, 2.05) is 16.7 Å². The lowest BCUT2D eigenvalue weighted by Crippen LogP contribution is -2.49. The van der Waals surface area contributed by atoms with Gasteiger partial charge in [-0.1, -0.05) is 43.4 Å². The largest absolute Gasteiger partial charge is 0.395 e. The fraction of sp³-hybridized carbons (Fsp3) is 0.486. The summed E-state index contributed by atoms with van der Waals surface area (Å²) >= 11 is 5.78. The number of nitrogen functional groups attached to an aromatic ring is 1. The Bertz CT molecular complexity index is 2020. The number of nitrogens with zero attached hydrogens (tertiary/aromatic N) is 10. The number of hydrogen-bond acceptors (Lipinski definition) is 14. The quantitative estimate of drug-likeness (QED) is 0.0705. The van der Waals surface area contributed by atoms with Crippen LogP contribution in [0, 0.1) is 5.92 Å². The number of benzene rings is 1.